The van der Waals surface area contributed by atoms with Crippen molar-refractivity contribution < 1.29 is 33.3 Å². The number of aryl methyl sites for hydroxylation is 1. The predicted octanol–water partition coefficient (Wildman–Crippen LogP) is 2.65. The molecular weight excluding hydrogens is 366 g/mol. The first kappa shape index (κ1) is 19.5. The van der Waals surface area contributed by atoms with E-state index in [0.29, 0.717) is 47.3 Å². The summed E-state index contributed by atoms with van der Waals surface area (Å²) in [5, 5.41) is 0. The van der Waals surface area contributed by atoms with Crippen LogP contribution >= 0.6 is 0 Å². The largest absolute Gasteiger partial charge is 0.493 e. The molecule has 1 N–H and O–H groups in total. The standard InChI is InChI=1S/C20H21NO7/c1-10-17(12(3)22)11(2)21-18(10)14(23)9-28-20(24)13-7-15(25-4)19-16(8-13)26-5-6-27-19/h7-8,21H,5-6,9H2,1-4H3. The molecule has 0 radical (unpaired) electrons. The van der Waals surface area contributed by atoms with Gasteiger partial charge in [-0.2, -0.15) is 0 Å². The lowest BCUT2D eigenvalue weighted by molar-refractivity contribution is 0.0472. The molecule has 28 heavy (non-hydrogen) atoms. The number of fused-ring (bicyclic) bond motifs is 1. The summed E-state index contributed by atoms with van der Waals surface area (Å²) in [4.78, 5) is 39.5. The Kier molecular flexibility index (Phi) is 5.39. The minimum atomic E-state index is -0.698. The maximum atomic E-state index is 12.5. The molecule has 0 saturated carbocycles. The molecule has 8 heteroatoms. The number of H-pyrrole nitrogens is 1. The van der Waals surface area contributed by atoms with Crippen molar-refractivity contribution in [1.29, 1.82) is 0 Å². The van der Waals surface area contributed by atoms with Crippen LogP contribution in [0.1, 0.15) is 49.4 Å². The molecule has 8 nitrogen and oxygen atoms in total. The Balaban J connectivity index is 1.75. The number of ether oxygens (including phenoxy) is 4. The van der Waals surface area contributed by atoms with E-state index < -0.39 is 18.4 Å². The number of aromatic nitrogens is 1. The number of aromatic amines is 1. The van der Waals surface area contributed by atoms with Gasteiger partial charge in [-0.3, -0.25) is 9.59 Å². The zero-order chi connectivity index (χ0) is 20.4. The van der Waals surface area contributed by atoms with Gasteiger partial charge in [0.25, 0.3) is 0 Å². The first-order valence-corrected chi connectivity index (χ1v) is 8.71. The SMILES string of the molecule is COc1cc(C(=O)OCC(=O)c2[nH]c(C)c(C(C)=O)c2C)cc2c1OCCO2. The third-order valence-corrected chi connectivity index (χ3v) is 4.47. The van der Waals surface area contributed by atoms with Crippen molar-refractivity contribution in [3.63, 3.8) is 0 Å². The van der Waals surface area contributed by atoms with Gasteiger partial charge in [0.1, 0.15) is 13.2 Å². The van der Waals surface area contributed by atoms with Gasteiger partial charge in [0, 0.05) is 11.3 Å². The molecule has 0 bridgehead atoms. The van der Waals surface area contributed by atoms with Crippen molar-refractivity contribution >= 4 is 17.5 Å². The van der Waals surface area contributed by atoms with E-state index in [1.54, 1.807) is 13.8 Å². The van der Waals surface area contributed by atoms with Crippen molar-refractivity contribution in [2.24, 2.45) is 0 Å². The van der Waals surface area contributed by atoms with Crippen LogP contribution in [0.2, 0.25) is 0 Å². The highest BCUT2D eigenvalue weighted by Gasteiger charge is 2.24. The number of nitrogens with one attached hydrogen (secondary N) is 1. The topological polar surface area (TPSA) is 104 Å². The molecule has 3 rings (SSSR count). The monoisotopic (exact) mass is 387 g/mol. The molecule has 2 heterocycles. The Morgan fingerprint density at radius 2 is 1.86 bits per heavy atom. The highest BCUT2D eigenvalue weighted by Crippen LogP contribution is 2.40. The second-order valence-corrected chi connectivity index (χ2v) is 6.38. The van der Waals surface area contributed by atoms with Crippen molar-refractivity contribution in [3.8, 4) is 17.2 Å². The van der Waals surface area contributed by atoms with Crippen molar-refractivity contribution in [2.75, 3.05) is 26.9 Å². The molecule has 1 aliphatic rings. The van der Waals surface area contributed by atoms with Gasteiger partial charge in [-0.1, -0.05) is 0 Å². The molecule has 0 unspecified atom stereocenters. The van der Waals surface area contributed by atoms with E-state index in [9.17, 15) is 14.4 Å². The van der Waals surface area contributed by atoms with Gasteiger partial charge in [0.15, 0.2) is 23.9 Å². The Morgan fingerprint density at radius 3 is 2.50 bits per heavy atom. The fourth-order valence-electron chi connectivity index (χ4n) is 3.23. The van der Waals surface area contributed by atoms with E-state index in [4.69, 9.17) is 18.9 Å². The number of esters is 1. The number of ketones is 2. The van der Waals surface area contributed by atoms with Crippen LogP contribution in [-0.4, -0.2) is 49.5 Å². The van der Waals surface area contributed by atoms with Gasteiger partial charge in [0.05, 0.1) is 18.4 Å². The summed E-state index contributed by atoms with van der Waals surface area (Å²) < 4.78 is 21.4. The molecular formula is C20H21NO7. The normalized spacial score (nSPS) is 12.4. The minimum absolute atomic E-state index is 0.134. The predicted molar refractivity (Wildman–Crippen MR) is 98.9 cm³/mol. The van der Waals surface area contributed by atoms with Gasteiger partial charge in [-0.25, -0.2) is 4.79 Å². The van der Waals surface area contributed by atoms with Crippen LogP contribution in [0.3, 0.4) is 0 Å². The van der Waals surface area contributed by atoms with E-state index in [1.807, 2.05) is 0 Å². The summed E-state index contributed by atoms with van der Waals surface area (Å²) in [7, 11) is 1.45. The van der Waals surface area contributed by atoms with Crippen LogP contribution in [0.5, 0.6) is 17.2 Å². The molecule has 1 aliphatic heterocycles. The molecule has 0 atom stereocenters. The summed E-state index contributed by atoms with van der Waals surface area (Å²) in [6.45, 7) is 5.12. The van der Waals surface area contributed by atoms with Crippen LogP contribution in [-0.2, 0) is 4.74 Å². The van der Waals surface area contributed by atoms with Crippen molar-refractivity contribution in [3.05, 3.63) is 40.2 Å². The summed E-state index contributed by atoms with van der Waals surface area (Å²) in [5.74, 6) is -0.105. The van der Waals surface area contributed by atoms with E-state index in [-0.39, 0.29) is 17.0 Å². The quantitative estimate of drug-likeness (QED) is 0.600. The number of rotatable bonds is 6. The molecule has 0 saturated heterocycles. The van der Waals surface area contributed by atoms with E-state index in [2.05, 4.69) is 4.98 Å². The molecule has 2 aromatic rings. The zero-order valence-corrected chi connectivity index (χ0v) is 16.1. The highest BCUT2D eigenvalue weighted by molar-refractivity contribution is 6.04. The number of benzene rings is 1. The van der Waals surface area contributed by atoms with E-state index >= 15 is 0 Å². The minimum Gasteiger partial charge on any atom is -0.493 e. The van der Waals surface area contributed by atoms with Crippen LogP contribution in [0.15, 0.2) is 12.1 Å². The average molecular weight is 387 g/mol. The summed E-state index contributed by atoms with van der Waals surface area (Å²) >= 11 is 0. The number of carbonyl (C=O) groups is 3. The van der Waals surface area contributed by atoms with Crippen LogP contribution in [0.25, 0.3) is 0 Å². The van der Waals surface area contributed by atoms with Gasteiger partial charge >= 0.3 is 5.97 Å². The molecule has 0 spiro atoms. The van der Waals surface area contributed by atoms with Gasteiger partial charge in [0.2, 0.25) is 11.5 Å². The van der Waals surface area contributed by atoms with E-state index in [1.165, 1.54) is 26.2 Å². The fraction of sp³-hybridized carbons (Fsp3) is 0.350. The number of hydrogen-bond acceptors (Lipinski definition) is 7. The van der Waals surface area contributed by atoms with E-state index in [0.717, 1.165) is 0 Å². The lowest BCUT2D eigenvalue weighted by Gasteiger charge is -2.21. The van der Waals surface area contributed by atoms with Crippen LogP contribution in [0.4, 0.5) is 0 Å². The Labute approximate surface area is 161 Å². The van der Waals surface area contributed by atoms with Gasteiger partial charge < -0.3 is 23.9 Å². The summed E-state index contributed by atoms with van der Waals surface area (Å²) in [6.07, 6.45) is 0. The molecule has 0 aliphatic carbocycles. The van der Waals surface area contributed by atoms with Gasteiger partial charge in [-0.05, 0) is 38.5 Å². The lowest BCUT2D eigenvalue weighted by Crippen LogP contribution is -2.18. The van der Waals surface area contributed by atoms with Crippen molar-refractivity contribution in [2.45, 2.75) is 20.8 Å². The molecule has 1 aromatic heterocycles. The Morgan fingerprint density at radius 1 is 1.14 bits per heavy atom. The zero-order valence-electron chi connectivity index (χ0n) is 16.1. The van der Waals surface area contributed by atoms with Crippen LogP contribution < -0.4 is 14.2 Å². The van der Waals surface area contributed by atoms with Crippen LogP contribution in [0, 0.1) is 13.8 Å². The second kappa shape index (κ2) is 7.75. The maximum absolute atomic E-state index is 12.5. The maximum Gasteiger partial charge on any atom is 0.338 e. The number of carbonyl (C=O) groups excluding carboxylic acids is 3. The lowest BCUT2D eigenvalue weighted by atomic mass is 10.1. The summed E-state index contributed by atoms with van der Waals surface area (Å²) in [6, 6.07) is 2.96. The average Bonchev–Trinajstić information content (AvgIpc) is 2.99. The smallest absolute Gasteiger partial charge is 0.338 e. The molecule has 0 fully saturated rings. The third kappa shape index (κ3) is 3.58. The van der Waals surface area contributed by atoms with Crippen molar-refractivity contribution in [1.82, 2.24) is 4.98 Å². The number of methoxy groups -OCH3 is 1. The molecule has 0 amide bonds. The number of hydrogen-bond donors (Lipinski definition) is 1. The Bertz CT molecular complexity index is 941. The first-order chi connectivity index (χ1) is 13.3. The molecule has 148 valence electrons. The summed E-state index contributed by atoms with van der Waals surface area (Å²) in [5.41, 5.74) is 2.07. The highest BCUT2D eigenvalue weighted by atomic mass is 16.6. The second-order valence-electron chi connectivity index (χ2n) is 6.38. The third-order valence-electron chi connectivity index (χ3n) is 4.47. The van der Waals surface area contributed by atoms with Gasteiger partial charge in [-0.15, -0.1) is 0 Å². The number of Topliss-reactive ketones (excluding diaryl/α,β-unsaturated/α-hetero) is 2. The fourth-order valence-corrected chi connectivity index (χ4v) is 3.23. The Hall–Kier alpha value is -3.29. The molecule has 1 aromatic carbocycles. The first-order valence-electron chi connectivity index (χ1n) is 8.71.